The molecule has 28 heavy (non-hydrogen) atoms. The largest absolute Gasteiger partial charge is 0.466 e. The number of hydrogen-bond acceptors (Lipinski definition) is 6. The molecule has 10 heteroatoms. The number of carbonyl (C=O) groups is 2. The van der Waals surface area contributed by atoms with Crippen LogP contribution in [0.2, 0.25) is 5.02 Å². The summed E-state index contributed by atoms with van der Waals surface area (Å²) in [5.41, 5.74) is 0.341. The number of nitrogens with one attached hydrogen (secondary N) is 1. The number of anilines is 1. The first-order chi connectivity index (χ1) is 13.1. The number of hydrogen-bond donors (Lipinski definition) is 1. The SMILES string of the molecule is CCOC(=O)[C@H]1CCCN(CC(=O)Nc2ccc(Cl)c(S(=O)(=O)N(C)C)c2)C1. The fourth-order valence-electron chi connectivity index (χ4n) is 3.03. The molecule has 0 aliphatic carbocycles. The van der Waals surface area contributed by atoms with E-state index in [1.807, 2.05) is 4.90 Å². The molecule has 1 saturated heterocycles. The normalized spacial score (nSPS) is 18.1. The summed E-state index contributed by atoms with van der Waals surface area (Å²) in [5.74, 6) is -0.752. The number of ether oxygens (including phenoxy) is 1. The Bertz CT molecular complexity index is 829. The Kier molecular flexibility index (Phi) is 7.82. The molecule has 1 aromatic rings. The van der Waals surface area contributed by atoms with Gasteiger partial charge in [-0.15, -0.1) is 0 Å². The molecule has 0 radical (unpaired) electrons. The molecule has 1 aliphatic rings. The van der Waals surface area contributed by atoms with Gasteiger partial charge in [-0.25, -0.2) is 12.7 Å². The van der Waals surface area contributed by atoms with E-state index in [0.717, 1.165) is 17.1 Å². The van der Waals surface area contributed by atoms with E-state index >= 15 is 0 Å². The van der Waals surface area contributed by atoms with Gasteiger partial charge in [-0.05, 0) is 44.5 Å². The van der Waals surface area contributed by atoms with E-state index in [2.05, 4.69) is 5.32 Å². The number of likely N-dealkylation sites (tertiary alicyclic amines) is 1. The van der Waals surface area contributed by atoms with E-state index in [1.165, 1.54) is 26.2 Å². The molecular formula is C18H26ClN3O5S. The molecule has 0 spiro atoms. The van der Waals surface area contributed by atoms with Crippen LogP contribution in [0.4, 0.5) is 5.69 Å². The van der Waals surface area contributed by atoms with Crippen molar-refractivity contribution in [2.45, 2.75) is 24.7 Å². The van der Waals surface area contributed by atoms with Crippen LogP contribution in [-0.4, -0.2) is 69.8 Å². The van der Waals surface area contributed by atoms with Crippen molar-refractivity contribution >= 4 is 39.2 Å². The van der Waals surface area contributed by atoms with Gasteiger partial charge in [0, 0.05) is 26.3 Å². The maximum absolute atomic E-state index is 12.4. The van der Waals surface area contributed by atoms with Gasteiger partial charge in [0.05, 0.1) is 24.1 Å². The molecule has 0 unspecified atom stereocenters. The Hall–Kier alpha value is -1.68. The van der Waals surface area contributed by atoms with E-state index < -0.39 is 10.0 Å². The fraction of sp³-hybridized carbons (Fsp3) is 0.556. The molecule has 2 rings (SSSR count). The third-order valence-electron chi connectivity index (χ3n) is 4.47. The summed E-state index contributed by atoms with van der Waals surface area (Å²) in [6.07, 6.45) is 1.56. The number of amides is 1. The van der Waals surface area contributed by atoms with E-state index in [-0.39, 0.29) is 34.3 Å². The standard InChI is InChI=1S/C18H26ClN3O5S/c1-4-27-18(24)13-6-5-9-22(11-13)12-17(23)20-14-7-8-15(19)16(10-14)28(25,26)21(2)3/h7-8,10,13H,4-6,9,11-12H2,1-3H3,(H,20,23)/t13-/m0/s1. The number of piperidine rings is 1. The van der Waals surface area contributed by atoms with E-state index in [4.69, 9.17) is 16.3 Å². The molecule has 1 fully saturated rings. The van der Waals surface area contributed by atoms with Gasteiger partial charge in [0.25, 0.3) is 0 Å². The second-order valence-corrected chi connectivity index (χ2v) is 9.33. The van der Waals surface area contributed by atoms with Gasteiger partial charge >= 0.3 is 5.97 Å². The number of carbonyl (C=O) groups excluding carboxylic acids is 2. The molecule has 0 aromatic heterocycles. The lowest BCUT2D eigenvalue weighted by Gasteiger charge is -2.30. The first-order valence-electron chi connectivity index (χ1n) is 9.06. The number of sulfonamides is 1. The van der Waals surface area contributed by atoms with Crippen molar-refractivity contribution in [2.24, 2.45) is 5.92 Å². The Morgan fingerprint density at radius 1 is 1.36 bits per heavy atom. The molecule has 156 valence electrons. The zero-order valence-corrected chi connectivity index (χ0v) is 17.8. The lowest BCUT2D eigenvalue weighted by atomic mass is 9.98. The highest BCUT2D eigenvalue weighted by molar-refractivity contribution is 7.89. The van der Waals surface area contributed by atoms with Crippen LogP contribution in [0.25, 0.3) is 0 Å². The van der Waals surface area contributed by atoms with Crippen LogP contribution in [0, 0.1) is 5.92 Å². The minimum absolute atomic E-state index is 0.0719. The summed E-state index contributed by atoms with van der Waals surface area (Å²) < 4.78 is 30.8. The van der Waals surface area contributed by atoms with Gasteiger partial charge in [0.1, 0.15) is 4.90 Å². The Morgan fingerprint density at radius 3 is 2.71 bits per heavy atom. The highest BCUT2D eigenvalue weighted by atomic mass is 35.5. The Balaban J connectivity index is 2.02. The monoisotopic (exact) mass is 431 g/mol. The molecule has 8 nitrogen and oxygen atoms in total. The number of halogens is 1. The summed E-state index contributed by atoms with van der Waals surface area (Å²) in [4.78, 5) is 26.1. The lowest BCUT2D eigenvalue weighted by molar-refractivity contribution is -0.150. The number of esters is 1. The van der Waals surface area contributed by atoms with Crippen LogP contribution in [-0.2, 0) is 24.3 Å². The van der Waals surface area contributed by atoms with E-state index in [9.17, 15) is 18.0 Å². The first-order valence-corrected chi connectivity index (χ1v) is 10.9. The van der Waals surface area contributed by atoms with Gasteiger partial charge in [-0.1, -0.05) is 11.6 Å². The topological polar surface area (TPSA) is 96.0 Å². The lowest BCUT2D eigenvalue weighted by Crippen LogP contribution is -2.43. The number of rotatable bonds is 7. The van der Waals surface area contributed by atoms with Crippen molar-refractivity contribution < 1.29 is 22.7 Å². The number of benzene rings is 1. The second kappa shape index (κ2) is 9.69. The van der Waals surface area contributed by atoms with Crippen LogP contribution in [0.5, 0.6) is 0 Å². The van der Waals surface area contributed by atoms with Gasteiger partial charge in [-0.3, -0.25) is 14.5 Å². The molecule has 0 saturated carbocycles. The zero-order chi connectivity index (χ0) is 20.9. The third-order valence-corrected chi connectivity index (χ3v) is 6.76. The van der Waals surface area contributed by atoms with Crippen LogP contribution < -0.4 is 5.32 Å². The predicted octanol–water partition coefficient (Wildman–Crippen LogP) is 1.80. The average molecular weight is 432 g/mol. The molecule has 1 amide bonds. The van der Waals surface area contributed by atoms with Gasteiger partial charge < -0.3 is 10.1 Å². The minimum Gasteiger partial charge on any atom is -0.466 e. The van der Waals surface area contributed by atoms with Gasteiger partial charge in [0.2, 0.25) is 15.9 Å². The third kappa shape index (κ3) is 5.66. The molecule has 1 N–H and O–H groups in total. The van der Waals surface area contributed by atoms with Crippen LogP contribution in [0.1, 0.15) is 19.8 Å². The number of nitrogens with zero attached hydrogens (tertiary/aromatic N) is 2. The smallest absolute Gasteiger partial charge is 0.310 e. The highest BCUT2D eigenvalue weighted by Gasteiger charge is 2.28. The summed E-state index contributed by atoms with van der Waals surface area (Å²) in [6.45, 7) is 3.39. The van der Waals surface area contributed by atoms with E-state index in [0.29, 0.717) is 25.4 Å². The summed E-state index contributed by atoms with van der Waals surface area (Å²) in [5, 5.41) is 2.78. The summed E-state index contributed by atoms with van der Waals surface area (Å²) >= 11 is 6.02. The van der Waals surface area contributed by atoms with Crippen molar-refractivity contribution in [3.05, 3.63) is 23.2 Å². The highest BCUT2D eigenvalue weighted by Crippen LogP contribution is 2.27. The van der Waals surface area contributed by atoms with Crippen molar-refractivity contribution in [1.82, 2.24) is 9.21 Å². The average Bonchev–Trinajstić information content (AvgIpc) is 2.63. The molecule has 1 atom stereocenters. The van der Waals surface area contributed by atoms with Crippen molar-refractivity contribution in [1.29, 1.82) is 0 Å². The molecular weight excluding hydrogens is 406 g/mol. The van der Waals surface area contributed by atoms with Gasteiger partial charge in [-0.2, -0.15) is 0 Å². The second-order valence-electron chi connectivity index (χ2n) is 6.81. The molecule has 1 aromatic carbocycles. The summed E-state index contributed by atoms with van der Waals surface area (Å²) in [7, 11) is -0.907. The first kappa shape index (κ1) is 22.6. The predicted molar refractivity (Wildman–Crippen MR) is 107 cm³/mol. The molecule has 1 aliphatic heterocycles. The van der Waals surface area contributed by atoms with E-state index in [1.54, 1.807) is 13.0 Å². The Morgan fingerprint density at radius 2 is 2.07 bits per heavy atom. The van der Waals surface area contributed by atoms with Crippen molar-refractivity contribution in [2.75, 3.05) is 45.7 Å². The van der Waals surface area contributed by atoms with Gasteiger partial charge in [0.15, 0.2) is 0 Å². The molecule has 1 heterocycles. The van der Waals surface area contributed by atoms with Crippen molar-refractivity contribution in [3.8, 4) is 0 Å². The Labute approximate surface area is 170 Å². The quantitative estimate of drug-likeness (QED) is 0.661. The maximum Gasteiger partial charge on any atom is 0.310 e. The van der Waals surface area contributed by atoms with Crippen LogP contribution in [0.15, 0.2) is 23.1 Å². The maximum atomic E-state index is 12.4. The fourth-order valence-corrected chi connectivity index (χ4v) is 4.42. The molecule has 0 bridgehead atoms. The minimum atomic E-state index is -3.73. The summed E-state index contributed by atoms with van der Waals surface area (Å²) in [6, 6.07) is 4.32. The zero-order valence-electron chi connectivity index (χ0n) is 16.3. The van der Waals surface area contributed by atoms with Crippen LogP contribution >= 0.6 is 11.6 Å². The van der Waals surface area contributed by atoms with Crippen LogP contribution in [0.3, 0.4) is 0 Å². The van der Waals surface area contributed by atoms with Crippen molar-refractivity contribution in [3.63, 3.8) is 0 Å².